The van der Waals surface area contributed by atoms with Crippen LogP contribution in [0.3, 0.4) is 0 Å². The van der Waals surface area contributed by atoms with Crippen LogP contribution >= 0.6 is 0 Å². The number of methoxy groups -OCH3 is 1. The first kappa shape index (κ1) is 17.9. The van der Waals surface area contributed by atoms with E-state index in [2.05, 4.69) is 16.7 Å². The molecule has 28 heavy (non-hydrogen) atoms. The van der Waals surface area contributed by atoms with Crippen molar-refractivity contribution in [2.75, 3.05) is 7.11 Å². The Bertz CT molecular complexity index is 1120. The Hall–Kier alpha value is -3.47. The minimum Gasteiger partial charge on any atom is -0.497 e. The Balaban J connectivity index is 1.56. The summed E-state index contributed by atoms with van der Waals surface area (Å²) >= 11 is 0. The van der Waals surface area contributed by atoms with E-state index in [1.807, 2.05) is 48.3 Å². The van der Waals surface area contributed by atoms with E-state index in [4.69, 9.17) is 9.72 Å². The van der Waals surface area contributed by atoms with Gasteiger partial charge in [0.15, 0.2) is 17.9 Å². The average molecular weight is 372 g/mol. The number of ketones is 1. The predicted molar refractivity (Wildman–Crippen MR) is 107 cm³/mol. The maximum absolute atomic E-state index is 12.6. The molecule has 0 unspecified atom stereocenters. The van der Waals surface area contributed by atoms with Gasteiger partial charge in [-0.1, -0.05) is 30.3 Å². The van der Waals surface area contributed by atoms with Gasteiger partial charge < -0.3 is 9.30 Å². The van der Waals surface area contributed by atoms with Crippen molar-refractivity contribution in [2.24, 2.45) is 7.05 Å². The van der Waals surface area contributed by atoms with E-state index in [9.17, 15) is 4.79 Å². The highest BCUT2D eigenvalue weighted by Gasteiger charge is 2.16. The average Bonchev–Trinajstić information content (AvgIpc) is 3.03. The molecule has 5 heteroatoms. The Kier molecular flexibility index (Phi) is 4.89. The summed E-state index contributed by atoms with van der Waals surface area (Å²) in [7, 11) is 3.64. The van der Waals surface area contributed by atoms with Gasteiger partial charge in [0.1, 0.15) is 11.6 Å². The van der Waals surface area contributed by atoms with Crippen LogP contribution in [0.15, 0.2) is 73.1 Å². The molecule has 0 aliphatic carbocycles. The molecule has 0 aliphatic heterocycles. The number of aryl methyl sites for hydroxylation is 1. The molecular formula is C23H22N3O2+. The van der Waals surface area contributed by atoms with Gasteiger partial charge in [0.25, 0.3) is 0 Å². The Morgan fingerprint density at radius 1 is 1.07 bits per heavy atom. The second-order valence-electron chi connectivity index (χ2n) is 6.79. The Morgan fingerprint density at radius 3 is 2.54 bits per heavy atom. The fraction of sp³-hybridized carbons (Fsp3) is 0.174. The number of Topliss-reactive ketones (excluding diaryl/α,β-unsaturated/α-hetero) is 1. The summed E-state index contributed by atoms with van der Waals surface area (Å²) in [5, 5.41) is 0. The highest BCUT2D eigenvalue weighted by Crippen LogP contribution is 2.16. The molecule has 2 aromatic carbocycles. The van der Waals surface area contributed by atoms with Crippen LogP contribution in [-0.4, -0.2) is 22.4 Å². The molecule has 4 rings (SSSR count). The van der Waals surface area contributed by atoms with Crippen molar-refractivity contribution in [1.29, 1.82) is 0 Å². The molecule has 0 amide bonds. The summed E-state index contributed by atoms with van der Waals surface area (Å²) in [6.07, 6.45) is 4.64. The van der Waals surface area contributed by atoms with Crippen LogP contribution < -0.4 is 9.30 Å². The number of carbonyl (C=O) groups is 1. The van der Waals surface area contributed by atoms with Crippen molar-refractivity contribution in [1.82, 2.24) is 9.55 Å². The van der Waals surface area contributed by atoms with Crippen molar-refractivity contribution in [3.63, 3.8) is 0 Å². The number of benzene rings is 2. The first-order valence-electron chi connectivity index (χ1n) is 9.19. The van der Waals surface area contributed by atoms with Gasteiger partial charge in [0.2, 0.25) is 12.3 Å². The first-order chi connectivity index (χ1) is 13.6. The summed E-state index contributed by atoms with van der Waals surface area (Å²) in [6, 6.07) is 19.5. The highest BCUT2D eigenvalue weighted by atomic mass is 16.5. The smallest absolute Gasteiger partial charge is 0.227 e. The Labute approximate surface area is 163 Å². The number of nitrogens with zero attached hydrogens (tertiary/aromatic N) is 3. The molecule has 0 aliphatic rings. The van der Waals surface area contributed by atoms with Crippen LogP contribution in [0.1, 0.15) is 21.7 Å². The zero-order valence-electron chi connectivity index (χ0n) is 16.0. The first-order valence-corrected chi connectivity index (χ1v) is 9.19. The van der Waals surface area contributed by atoms with Crippen LogP contribution in [0.2, 0.25) is 0 Å². The van der Waals surface area contributed by atoms with Gasteiger partial charge in [-0.3, -0.25) is 4.79 Å². The minimum absolute atomic E-state index is 0.0486. The summed E-state index contributed by atoms with van der Waals surface area (Å²) in [5.74, 6) is 1.79. The second kappa shape index (κ2) is 7.64. The number of rotatable bonds is 6. The quantitative estimate of drug-likeness (QED) is 0.385. The third-order valence-electron chi connectivity index (χ3n) is 4.92. The van der Waals surface area contributed by atoms with E-state index in [-0.39, 0.29) is 12.3 Å². The van der Waals surface area contributed by atoms with Crippen LogP contribution in [0.25, 0.3) is 11.0 Å². The number of hydrogen-bond acceptors (Lipinski definition) is 3. The molecule has 140 valence electrons. The molecule has 0 saturated carbocycles. The topological polar surface area (TPSA) is 48.0 Å². The molecule has 2 heterocycles. The second-order valence-corrected chi connectivity index (χ2v) is 6.79. The van der Waals surface area contributed by atoms with E-state index in [1.54, 1.807) is 31.4 Å². The lowest BCUT2D eigenvalue weighted by molar-refractivity contribution is -0.681. The van der Waals surface area contributed by atoms with Gasteiger partial charge in [-0.2, -0.15) is 4.57 Å². The van der Waals surface area contributed by atoms with Crippen molar-refractivity contribution in [3.05, 3.63) is 90.0 Å². The van der Waals surface area contributed by atoms with Crippen molar-refractivity contribution >= 4 is 16.8 Å². The van der Waals surface area contributed by atoms with Crippen LogP contribution in [0, 0.1) is 0 Å². The molecule has 0 N–H and O–H groups in total. The molecule has 4 aromatic rings. The van der Waals surface area contributed by atoms with Crippen molar-refractivity contribution < 1.29 is 14.1 Å². The van der Waals surface area contributed by atoms with Crippen LogP contribution in [-0.2, 0) is 20.0 Å². The molecule has 2 aromatic heterocycles. The molecule has 0 fully saturated rings. The lowest BCUT2D eigenvalue weighted by Crippen LogP contribution is -2.37. The number of pyridine rings is 1. The summed E-state index contributed by atoms with van der Waals surface area (Å²) < 4.78 is 9.14. The van der Waals surface area contributed by atoms with Gasteiger partial charge in [0, 0.05) is 25.1 Å². The van der Waals surface area contributed by atoms with Crippen LogP contribution in [0.5, 0.6) is 5.75 Å². The summed E-state index contributed by atoms with van der Waals surface area (Å²) in [4.78, 5) is 17.4. The van der Waals surface area contributed by atoms with E-state index in [0.717, 1.165) is 29.0 Å². The summed E-state index contributed by atoms with van der Waals surface area (Å²) in [6.45, 7) is 0.271. The molecular weight excluding hydrogens is 350 g/mol. The third-order valence-corrected chi connectivity index (χ3v) is 4.92. The van der Waals surface area contributed by atoms with E-state index >= 15 is 0 Å². The van der Waals surface area contributed by atoms with Gasteiger partial charge >= 0.3 is 0 Å². The van der Waals surface area contributed by atoms with Gasteiger partial charge in [-0.25, -0.2) is 4.98 Å². The minimum atomic E-state index is 0.0486. The molecule has 5 nitrogen and oxygen atoms in total. The molecule has 0 spiro atoms. The SMILES string of the molecule is COc1ccc(C(=O)C[n+]2ccc3c(c2)nc(Cc2ccccc2)n3C)cc1. The van der Waals surface area contributed by atoms with E-state index in [0.29, 0.717) is 5.56 Å². The number of ether oxygens (including phenoxy) is 1. The number of fused-ring (bicyclic) bond motifs is 1. The number of aromatic nitrogens is 3. The fourth-order valence-electron chi connectivity index (χ4n) is 3.31. The standard InChI is InChI=1S/C23H22N3O2/c1-25-21-12-13-26(16-22(27)18-8-10-19(28-2)11-9-18)15-20(21)24-23(25)14-17-6-4-3-5-7-17/h3-13,15H,14,16H2,1-2H3/q+1. The monoisotopic (exact) mass is 372 g/mol. The Morgan fingerprint density at radius 2 is 1.82 bits per heavy atom. The normalized spacial score (nSPS) is 10.9. The maximum atomic E-state index is 12.6. The third kappa shape index (κ3) is 3.64. The van der Waals surface area contributed by atoms with Gasteiger partial charge in [-0.15, -0.1) is 0 Å². The number of hydrogen-bond donors (Lipinski definition) is 0. The highest BCUT2D eigenvalue weighted by molar-refractivity contribution is 5.95. The van der Waals surface area contributed by atoms with Gasteiger partial charge in [0.05, 0.1) is 12.6 Å². The molecule has 0 bridgehead atoms. The van der Waals surface area contributed by atoms with Gasteiger partial charge in [-0.05, 0) is 29.8 Å². The largest absolute Gasteiger partial charge is 0.497 e. The van der Waals surface area contributed by atoms with Crippen LogP contribution in [0.4, 0.5) is 0 Å². The fourth-order valence-corrected chi connectivity index (χ4v) is 3.31. The zero-order valence-corrected chi connectivity index (χ0v) is 16.0. The van der Waals surface area contributed by atoms with E-state index < -0.39 is 0 Å². The molecule has 0 saturated heterocycles. The number of imidazole rings is 1. The lowest BCUT2D eigenvalue weighted by Gasteiger charge is -2.02. The zero-order chi connectivity index (χ0) is 19.5. The summed E-state index contributed by atoms with van der Waals surface area (Å²) in [5.41, 5.74) is 3.83. The van der Waals surface area contributed by atoms with Crippen molar-refractivity contribution in [3.8, 4) is 5.75 Å². The molecule has 0 radical (unpaired) electrons. The predicted octanol–water partition coefficient (Wildman–Crippen LogP) is 3.34. The van der Waals surface area contributed by atoms with E-state index in [1.165, 1.54) is 5.56 Å². The molecule has 0 atom stereocenters. The number of carbonyl (C=O) groups excluding carboxylic acids is 1. The maximum Gasteiger partial charge on any atom is 0.227 e. The van der Waals surface area contributed by atoms with Crippen molar-refractivity contribution in [2.45, 2.75) is 13.0 Å². The lowest BCUT2D eigenvalue weighted by atomic mass is 10.1.